The number of amides is 1. The number of pyridine rings is 1. The average Bonchev–Trinajstić information content (AvgIpc) is 2.79. The summed E-state index contributed by atoms with van der Waals surface area (Å²) in [5.74, 6) is -11.9. The minimum absolute atomic E-state index is 0.0486. The number of fused-ring (bicyclic) bond motifs is 1. The van der Waals surface area contributed by atoms with Gasteiger partial charge in [0.25, 0.3) is 5.91 Å². The van der Waals surface area contributed by atoms with Crippen LogP contribution in [-0.4, -0.2) is 10.9 Å². The van der Waals surface area contributed by atoms with Crippen LogP contribution in [0.3, 0.4) is 0 Å². The van der Waals surface area contributed by atoms with Gasteiger partial charge >= 0.3 is 0 Å². The van der Waals surface area contributed by atoms with E-state index in [2.05, 4.69) is 20.9 Å². The summed E-state index contributed by atoms with van der Waals surface area (Å²) >= 11 is 3.32. The van der Waals surface area contributed by atoms with E-state index in [9.17, 15) is 26.7 Å². The summed E-state index contributed by atoms with van der Waals surface area (Å²) in [5, 5.41) is 2.15. The summed E-state index contributed by atoms with van der Waals surface area (Å²) in [7, 11) is 0. The number of aromatic nitrogens is 1. The van der Waals surface area contributed by atoms with Crippen molar-refractivity contribution in [2.24, 2.45) is 0 Å². The summed E-state index contributed by atoms with van der Waals surface area (Å²) < 4.78 is 69.1. The fourth-order valence-corrected chi connectivity index (χ4v) is 3.29. The van der Waals surface area contributed by atoms with Gasteiger partial charge in [-0.3, -0.25) is 4.79 Å². The Morgan fingerprint density at radius 3 is 2.03 bits per heavy atom. The van der Waals surface area contributed by atoms with Crippen molar-refractivity contribution < 1.29 is 26.7 Å². The Balaban J connectivity index is 1.84. The van der Waals surface area contributed by atoms with Crippen molar-refractivity contribution in [2.45, 2.75) is 0 Å². The Kier molecular flexibility index (Phi) is 5.45. The van der Waals surface area contributed by atoms with Crippen LogP contribution in [0.25, 0.3) is 22.2 Å². The highest BCUT2D eigenvalue weighted by Crippen LogP contribution is 2.30. The number of rotatable bonds is 3. The molecule has 0 aliphatic heterocycles. The molecule has 0 spiro atoms. The maximum atomic E-state index is 14.0. The summed E-state index contributed by atoms with van der Waals surface area (Å²) in [5.41, 5.74) is -0.0292. The maximum absolute atomic E-state index is 14.0. The molecule has 1 amide bonds. The van der Waals surface area contributed by atoms with Crippen molar-refractivity contribution in [3.8, 4) is 11.3 Å². The molecule has 3 nitrogen and oxygen atoms in total. The number of carbonyl (C=O) groups excluding carboxylic acids is 1. The molecule has 4 rings (SSSR count). The molecule has 31 heavy (non-hydrogen) atoms. The third-order valence-corrected chi connectivity index (χ3v) is 5.08. The van der Waals surface area contributed by atoms with E-state index >= 15 is 0 Å². The molecule has 0 aliphatic carbocycles. The molecule has 0 radical (unpaired) electrons. The number of anilines is 1. The molecule has 0 bridgehead atoms. The lowest BCUT2D eigenvalue weighted by atomic mass is 10.0. The normalized spacial score (nSPS) is 11.0. The first-order valence-electron chi connectivity index (χ1n) is 8.76. The first kappa shape index (κ1) is 20.9. The highest BCUT2D eigenvalue weighted by Gasteiger charge is 2.27. The average molecular weight is 493 g/mol. The molecule has 4 aromatic rings. The van der Waals surface area contributed by atoms with E-state index in [1.165, 1.54) is 6.07 Å². The molecule has 156 valence electrons. The third-order valence-electron chi connectivity index (χ3n) is 4.55. The molecular formula is C22H10BrF5N2O. The minimum atomic E-state index is -2.31. The van der Waals surface area contributed by atoms with Gasteiger partial charge in [0.1, 0.15) is 5.69 Å². The molecule has 9 heteroatoms. The standard InChI is InChI=1S/C22H10BrF5N2O/c23-11-7-5-10(6-8-11)15-9-13(12-3-1-2-4-14(12)29-15)22(31)30-21-19(27)17(25)16(24)18(26)20(21)28/h1-9H,(H,30,31). The molecule has 0 unspecified atom stereocenters. The van der Waals surface area contributed by atoms with Gasteiger partial charge in [-0.2, -0.15) is 0 Å². The van der Waals surface area contributed by atoms with Gasteiger partial charge in [-0.25, -0.2) is 26.9 Å². The molecule has 0 aliphatic rings. The lowest BCUT2D eigenvalue weighted by molar-refractivity contribution is 0.102. The summed E-state index contributed by atoms with van der Waals surface area (Å²) in [6.45, 7) is 0. The van der Waals surface area contributed by atoms with Crippen LogP contribution in [0.4, 0.5) is 27.6 Å². The highest BCUT2D eigenvalue weighted by molar-refractivity contribution is 9.10. The lowest BCUT2D eigenvalue weighted by Crippen LogP contribution is -2.17. The van der Waals surface area contributed by atoms with Crippen LogP contribution in [0.2, 0.25) is 0 Å². The van der Waals surface area contributed by atoms with E-state index in [1.54, 1.807) is 48.5 Å². The molecule has 1 N–H and O–H groups in total. The second-order valence-corrected chi connectivity index (χ2v) is 7.39. The van der Waals surface area contributed by atoms with Gasteiger partial charge < -0.3 is 5.32 Å². The Morgan fingerprint density at radius 2 is 1.39 bits per heavy atom. The van der Waals surface area contributed by atoms with Gasteiger partial charge in [0.15, 0.2) is 23.3 Å². The van der Waals surface area contributed by atoms with Crippen LogP contribution in [0.15, 0.2) is 59.1 Å². The van der Waals surface area contributed by atoms with Crippen LogP contribution < -0.4 is 5.32 Å². The zero-order valence-electron chi connectivity index (χ0n) is 15.3. The van der Waals surface area contributed by atoms with E-state index in [0.717, 1.165) is 4.47 Å². The zero-order chi connectivity index (χ0) is 22.3. The predicted molar refractivity (Wildman–Crippen MR) is 109 cm³/mol. The van der Waals surface area contributed by atoms with E-state index < -0.39 is 40.7 Å². The SMILES string of the molecule is O=C(Nc1c(F)c(F)c(F)c(F)c1F)c1cc(-c2ccc(Br)cc2)nc2ccccc12. The second-order valence-electron chi connectivity index (χ2n) is 6.48. The highest BCUT2D eigenvalue weighted by atomic mass is 79.9. The number of halogens is 6. The minimum Gasteiger partial charge on any atom is -0.317 e. The summed E-state index contributed by atoms with van der Waals surface area (Å²) in [6, 6.07) is 14.9. The molecule has 3 aromatic carbocycles. The largest absolute Gasteiger partial charge is 0.317 e. The van der Waals surface area contributed by atoms with Crippen LogP contribution in [0.1, 0.15) is 10.4 Å². The molecule has 1 heterocycles. The van der Waals surface area contributed by atoms with Crippen molar-refractivity contribution in [3.05, 3.63) is 93.7 Å². The van der Waals surface area contributed by atoms with Crippen LogP contribution in [0, 0.1) is 29.1 Å². The number of hydrogen-bond acceptors (Lipinski definition) is 2. The number of para-hydroxylation sites is 1. The molecule has 0 fully saturated rings. The smallest absolute Gasteiger partial charge is 0.256 e. The van der Waals surface area contributed by atoms with Gasteiger partial charge in [-0.05, 0) is 24.3 Å². The van der Waals surface area contributed by atoms with Crippen molar-refractivity contribution in [3.63, 3.8) is 0 Å². The quantitative estimate of drug-likeness (QED) is 0.198. The number of nitrogens with one attached hydrogen (secondary N) is 1. The molecule has 0 atom stereocenters. The second kappa shape index (κ2) is 8.07. The van der Waals surface area contributed by atoms with Crippen LogP contribution >= 0.6 is 15.9 Å². The van der Waals surface area contributed by atoms with E-state index in [-0.39, 0.29) is 5.56 Å². The van der Waals surface area contributed by atoms with Crippen LogP contribution in [0.5, 0.6) is 0 Å². The Labute approximate surface area is 180 Å². The molecular weight excluding hydrogens is 483 g/mol. The maximum Gasteiger partial charge on any atom is 0.256 e. The number of nitrogens with zero attached hydrogens (tertiary/aromatic N) is 1. The zero-order valence-corrected chi connectivity index (χ0v) is 16.9. The van der Waals surface area contributed by atoms with Gasteiger partial charge in [0.05, 0.1) is 16.8 Å². The van der Waals surface area contributed by atoms with Crippen molar-refractivity contribution in [2.75, 3.05) is 5.32 Å². The number of carbonyl (C=O) groups is 1. The van der Waals surface area contributed by atoms with Gasteiger partial charge in [-0.15, -0.1) is 0 Å². The van der Waals surface area contributed by atoms with Crippen molar-refractivity contribution in [1.29, 1.82) is 0 Å². The summed E-state index contributed by atoms with van der Waals surface area (Å²) in [6.07, 6.45) is 0. The Morgan fingerprint density at radius 1 is 0.806 bits per heavy atom. The van der Waals surface area contributed by atoms with Gasteiger partial charge in [0.2, 0.25) is 5.82 Å². The lowest BCUT2D eigenvalue weighted by Gasteiger charge is -2.12. The first-order chi connectivity index (χ1) is 14.8. The topological polar surface area (TPSA) is 42.0 Å². The van der Waals surface area contributed by atoms with Gasteiger partial charge in [0, 0.05) is 15.4 Å². The predicted octanol–water partition coefficient (Wildman–Crippen LogP) is 6.61. The molecule has 0 saturated carbocycles. The molecule has 0 saturated heterocycles. The van der Waals surface area contributed by atoms with Crippen molar-refractivity contribution >= 4 is 38.4 Å². The first-order valence-corrected chi connectivity index (χ1v) is 9.55. The number of hydrogen-bond donors (Lipinski definition) is 1. The molecule has 1 aromatic heterocycles. The fourth-order valence-electron chi connectivity index (χ4n) is 3.03. The van der Waals surface area contributed by atoms with Gasteiger partial charge in [-0.1, -0.05) is 46.3 Å². The van der Waals surface area contributed by atoms with Crippen molar-refractivity contribution in [1.82, 2.24) is 4.98 Å². The number of benzene rings is 3. The fraction of sp³-hybridized carbons (Fsp3) is 0. The third kappa shape index (κ3) is 3.76. The monoisotopic (exact) mass is 492 g/mol. The summed E-state index contributed by atoms with van der Waals surface area (Å²) in [4.78, 5) is 17.3. The van der Waals surface area contributed by atoms with E-state index in [0.29, 0.717) is 22.2 Å². The Hall–Kier alpha value is -3.33. The van der Waals surface area contributed by atoms with E-state index in [4.69, 9.17) is 0 Å². The Bertz CT molecular complexity index is 1310. The van der Waals surface area contributed by atoms with E-state index in [1.807, 2.05) is 5.32 Å². The van der Waals surface area contributed by atoms with Crippen LogP contribution in [-0.2, 0) is 0 Å².